The molecule has 72 valence electrons. The van der Waals surface area contributed by atoms with Crippen LogP contribution in [-0.2, 0) is 0 Å². The number of benzene rings is 1. The van der Waals surface area contributed by atoms with Gasteiger partial charge in [-0.05, 0) is 12.1 Å². The van der Waals surface area contributed by atoms with Crippen molar-refractivity contribution in [3.63, 3.8) is 0 Å². The first-order valence-electron chi connectivity index (χ1n) is 3.63. The molecule has 0 spiro atoms. The van der Waals surface area contributed by atoms with Gasteiger partial charge in [0.1, 0.15) is 5.52 Å². The van der Waals surface area contributed by atoms with Crippen molar-refractivity contribution in [3.05, 3.63) is 28.4 Å². The second-order valence-corrected chi connectivity index (χ2v) is 3.02. The Balaban J connectivity index is 2.82. The quantitative estimate of drug-likeness (QED) is 0.524. The molecule has 0 aliphatic heterocycles. The minimum Gasteiger partial charge on any atom is -0.420 e. The summed E-state index contributed by atoms with van der Waals surface area (Å²) in [4.78, 5) is 10.3. The summed E-state index contributed by atoms with van der Waals surface area (Å²) in [6.45, 7) is 0. The lowest BCUT2D eigenvalue weighted by atomic mass is 10.2. The number of aromatic nitrogens is 2. The molecule has 7 heteroatoms. The van der Waals surface area contributed by atoms with Crippen LogP contribution in [0, 0.1) is 10.1 Å². The van der Waals surface area contributed by atoms with Crippen LogP contribution in [0.4, 0.5) is 5.69 Å². The molecule has 0 amide bonds. The molecule has 0 aliphatic carbocycles. The molecule has 0 atom stereocenters. The smallest absolute Gasteiger partial charge is 0.337 e. The third-order valence-electron chi connectivity index (χ3n) is 1.82. The van der Waals surface area contributed by atoms with Crippen LogP contribution in [0.3, 0.4) is 0 Å². The number of hydrogen-bond acceptors (Lipinski definition) is 4. The minimum atomic E-state index is -0.492. The van der Waals surface area contributed by atoms with Crippen molar-refractivity contribution in [2.24, 2.45) is 0 Å². The van der Waals surface area contributed by atoms with Crippen LogP contribution in [0.2, 0.25) is 0 Å². The molecule has 0 unspecified atom stereocenters. The van der Waals surface area contributed by atoms with Crippen molar-refractivity contribution in [2.75, 3.05) is 0 Å². The molecule has 1 heterocycles. The molecule has 0 fully saturated rings. The van der Waals surface area contributed by atoms with Gasteiger partial charge in [0.25, 0.3) is 0 Å². The van der Waals surface area contributed by atoms with Gasteiger partial charge in [-0.1, -0.05) is 0 Å². The zero-order valence-corrected chi connectivity index (χ0v) is 8.89. The van der Waals surface area contributed by atoms with E-state index in [1.54, 1.807) is 35.1 Å². The summed E-state index contributed by atoms with van der Waals surface area (Å²) in [5, 5.41) is 17.8. The lowest BCUT2D eigenvalue weighted by molar-refractivity contribution is -0.383. The summed E-state index contributed by atoms with van der Waals surface area (Å²) in [5.41, 5.74) is 0.290. The zero-order valence-electron chi connectivity index (χ0n) is 6.73. The third-order valence-corrected chi connectivity index (χ3v) is 2.29. The van der Waals surface area contributed by atoms with Crippen molar-refractivity contribution < 1.29 is 7.99 Å². The van der Waals surface area contributed by atoms with Crippen LogP contribution in [0.15, 0.2) is 18.3 Å². The van der Waals surface area contributed by atoms with E-state index in [9.17, 15) is 10.1 Å². The van der Waals surface area contributed by atoms with Crippen molar-refractivity contribution in [1.82, 2.24) is 10.2 Å². The van der Waals surface area contributed by atoms with E-state index in [-0.39, 0.29) is 11.4 Å². The molecule has 1 aromatic heterocycles. The number of rotatable bonds is 2. The van der Waals surface area contributed by atoms with Gasteiger partial charge in [0, 0.05) is 5.39 Å². The highest BCUT2D eigenvalue weighted by Crippen LogP contribution is 2.34. The molecule has 0 radical (unpaired) electrons. The average molecular weight is 305 g/mol. The number of nitrogens with zero attached hydrogens (tertiary/aromatic N) is 2. The maximum Gasteiger partial charge on any atom is 0.337 e. The molecule has 2 rings (SSSR count). The lowest BCUT2D eigenvalue weighted by Crippen LogP contribution is -1.92. The first kappa shape index (κ1) is 9.19. The number of aromatic amines is 1. The van der Waals surface area contributed by atoms with E-state index in [2.05, 4.69) is 10.2 Å². The Morgan fingerprint density at radius 1 is 1.57 bits per heavy atom. The Kier molecular flexibility index (Phi) is 2.23. The second-order valence-electron chi connectivity index (χ2n) is 2.58. The molecule has 0 bridgehead atoms. The Bertz CT molecular complexity index is 496. The number of hydrogen-bond donors (Lipinski definition) is 1. The van der Waals surface area contributed by atoms with Crippen molar-refractivity contribution in [2.45, 2.75) is 0 Å². The first-order chi connectivity index (χ1) is 6.74. The SMILES string of the molecule is O=[N+]([O-])c1c(OI)ccc2cn[nH]c12. The maximum atomic E-state index is 10.8. The fraction of sp³-hybridized carbons (Fsp3) is 0. The molecule has 14 heavy (non-hydrogen) atoms. The summed E-state index contributed by atoms with van der Waals surface area (Å²) in [6.07, 6.45) is 1.53. The predicted octanol–water partition coefficient (Wildman–Crippen LogP) is 2.20. The van der Waals surface area contributed by atoms with Crippen LogP contribution >= 0.6 is 23.0 Å². The molecule has 1 N–H and O–H groups in total. The molecule has 2 aromatic rings. The van der Waals surface area contributed by atoms with E-state index in [1.807, 2.05) is 0 Å². The highest BCUT2D eigenvalue weighted by molar-refractivity contribution is 14.1. The normalized spacial score (nSPS) is 10.4. The van der Waals surface area contributed by atoms with Crippen LogP contribution in [0.1, 0.15) is 0 Å². The number of H-pyrrole nitrogens is 1. The standard InChI is InChI=1S/C7H4IN3O3/c8-14-5-2-1-4-3-9-10-6(4)7(5)11(12)13/h1-3H,(H,9,10). The van der Waals surface area contributed by atoms with Crippen LogP contribution in [0.25, 0.3) is 10.9 Å². The summed E-state index contributed by atoms with van der Waals surface area (Å²) < 4.78 is 4.86. The number of nitro benzene ring substituents is 1. The van der Waals surface area contributed by atoms with Gasteiger partial charge in [-0.3, -0.25) is 15.2 Å². The third kappa shape index (κ3) is 1.29. The largest absolute Gasteiger partial charge is 0.420 e. The molecular formula is C7H4IN3O3. The second kappa shape index (κ2) is 3.40. The van der Waals surface area contributed by atoms with E-state index in [4.69, 9.17) is 3.07 Å². The van der Waals surface area contributed by atoms with Crippen molar-refractivity contribution in [1.29, 1.82) is 0 Å². The summed E-state index contributed by atoms with van der Waals surface area (Å²) >= 11 is 1.60. The van der Waals surface area contributed by atoms with E-state index in [1.165, 1.54) is 6.20 Å². The number of nitrogens with one attached hydrogen (secondary N) is 1. The molecule has 6 nitrogen and oxygen atoms in total. The molecular weight excluding hydrogens is 301 g/mol. The maximum absolute atomic E-state index is 10.8. The van der Waals surface area contributed by atoms with Gasteiger partial charge in [-0.25, -0.2) is 0 Å². The fourth-order valence-corrected chi connectivity index (χ4v) is 1.58. The van der Waals surface area contributed by atoms with Gasteiger partial charge < -0.3 is 3.07 Å². The van der Waals surface area contributed by atoms with E-state index < -0.39 is 4.92 Å². The Morgan fingerprint density at radius 3 is 3.00 bits per heavy atom. The Labute approximate surface area is 92.1 Å². The van der Waals surface area contributed by atoms with Gasteiger partial charge in [0.05, 0.1) is 11.1 Å². The molecule has 1 aromatic carbocycles. The van der Waals surface area contributed by atoms with Gasteiger partial charge in [0.15, 0.2) is 23.0 Å². The fourth-order valence-electron chi connectivity index (χ4n) is 1.22. The van der Waals surface area contributed by atoms with E-state index >= 15 is 0 Å². The van der Waals surface area contributed by atoms with Crippen molar-refractivity contribution in [3.8, 4) is 5.75 Å². The molecule has 0 saturated heterocycles. The summed E-state index contributed by atoms with van der Waals surface area (Å²) in [5.74, 6) is 0.215. The zero-order chi connectivity index (χ0) is 10.1. The van der Waals surface area contributed by atoms with Crippen LogP contribution in [-0.4, -0.2) is 15.1 Å². The number of halogens is 1. The monoisotopic (exact) mass is 305 g/mol. The first-order valence-corrected chi connectivity index (χ1v) is 4.51. The number of fused-ring (bicyclic) bond motifs is 1. The van der Waals surface area contributed by atoms with E-state index in [0.29, 0.717) is 10.9 Å². The minimum absolute atomic E-state index is 0.0885. The van der Waals surface area contributed by atoms with Gasteiger partial charge in [0.2, 0.25) is 5.75 Å². The molecule has 0 saturated carbocycles. The highest BCUT2D eigenvalue weighted by atomic mass is 127. The molecule has 0 aliphatic rings. The topological polar surface area (TPSA) is 81.1 Å². The highest BCUT2D eigenvalue weighted by Gasteiger charge is 2.20. The van der Waals surface area contributed by atoms with E-state index in [0.717, 1.165) is 0 Å². The van der Waals surface area contributed by atoms with Gasteiger partial charge in [-0.15, -0.1) is 0 Å². The van der Waals surface area contributed by atoms with Crippen LogP contribution < -0.4 is 3.07 Å². The lowest BCUT2D eigenvalue weighted by Gasteiger charge is -1.99. The van der Waals surface area contributed by atoms with Gasteiger partial charge in [-0.2, -0.15) is 5.10 Å². The number of nitro groups is 1. The van der Waals surface area contributed by atoms with Gasteiger partial charge >= 0.3 is 5.69 Å². The predicted molar refractivity (Wildman–Crippen MR) is 57.4 cm³/mol. The van der Waals surface area contributed by atoms with Crippen LogP contribution in [0.5, 0.6) is 5.75 Å². The summed E-state index contributed by atoms with van der Waals surface area (Å²) in [6, 6.07) is 3.25. The Hall–Kier alpha value is -1.38. The summed E-state index contributed by atoms with van der Waals surface area (Å²) in [7, 11) is 0. The van der Waals surface area contributed by atoms with Crippen molar-refractivity contribution >= 4 is 39.6 Å². The Morgan fingerprint density at radius 2 is 2.36 bits per heavy atom. The average Bonchev–Trinajstić information content (AvgIpc) is 2.62.